The van der Waals surface area contributed by atoms with E-state index >= 15 is 0 Å². The zero-order chi connectivity index (χ0) is 9.19. The van der Waals surface area contributed by atoms with Crippen LogP contribution in [0.4, 0.5) is 4.39 Å². The summed E-state index contributed by atoms with van der Waals surface area (Å²) in [6.45, 7) is 7.73. The van der Waals surface area contributed by atoms with Crippen molar-refractivity contribution in [3.05, 3.63) is 48.3 Å². The Kier molecular flexibility index (Phi) is 2.32. The van der Waals surface area contributed by atoms with Gasteiger partial charge in [-0.1, -0.05) is 32.1 Å². The van der Waals surface area contributed by atoms with Crippen LogP contribution in [-0.4, -0.2) is 0 Å². The molecule has 0 atom stereocenters. The molecule has 12 heavy (non-hydrogen) atoms. The van der Waals surface area contributed by atoms with E-state index in [4.69, 9.17) is 0 Å². The van der Waals surface area contributed by atoms with Crippen LogP contribution >= 0.6 is 0 Å². The highest BCUT2D eigenvalue weighted by Gasteiger charge is 2.15. The Hall–Kier alpha value is -1.11. The molecule has 64 valence electrons. The lowest BCUT2D eigenvalue weighted by molar-refractivity contribution is 0.610. The molecule has 0 N–H and O–H groups in total. The summed E-state index contributed by atoms with van der Waals surface area (Å²) in [6.07, 6.45) is 1.82. The van der Waals surface area contributed by atoms with Gasteiger partial charge in [0.25, 0.3) is 0 Å². The third-order valence-electron chi connectivity index (χ3n) is 2.08. The van der Waals surface area contributed by atoms with E-state index in [0.29, 0.717) is 0 Å². The largest absolute Gasteiger partial charge is 0.207 e. The molecule has 0 saturated carbocycles. The number of hydrogen-bond donors (Lipinski definition) is 0. The maximum atomic E-state index is 12.8. The van der Waals surface area contributed by atoms with Crippen LogP contribution in [0.3, 0.4) is 0 Å². The van der Waals surface area contributed by atoms with Crippen molar-refractivity contribution in [2.24, 2.45) is 0 Å². The van der Waals surface area contributed by atoms with Crippen molar-refractivity contribution in [3.8, 4) is 0 Å². The van der Waals surface area contributed by atoms with Gasteiger partial charge in [0.1, 0.15) is 5.82 Å². The molecule has 0 saturated heterocycles. The Morgan fingerprint density at radius 3 is 2.58 bits per heavy atom. The fourth-order valence-corrected chi connectivity index (χ4v) is 1.01. The summed E-state index contributed by atoms with van der Waals surface area (Å²) >= 11 is 0. The molecule has 0 aliphatic rings. The second-order valence-corrected chi connectivity index (χ2v) is 3.44. The molecule has 0 amide bonds. The lowest BCUT2D eigenvalue weighted by Gasteiger charge is -2.19. The van der Waals surface area contributed by atoms with Crippen LogP contribution in [-0.2, 0) is 5.41 Å². The lowest BCUT2D eigenvalue weighted by Crippen LogP contribution is -2.12. The van der Waals surface area contributed by atoms with Crippen molar-refractivity contribution in [1.29, 1.82) is 0 Å². The van der Waals surface area contributed by atoms with Gasteiger partial charge in [-0.15, -0.1) is 6.58 Å². The van der Waals surface area contributed by atoms with Gasteiger partial charge in [0, 0.05) is 5.41 Å². The lowest BCUT2D eigenvalue weighted by atomic mass is 9.85. The Labute approximate surface area is 72.7 Å². The van der Waals surface area contributed by atoms with E-state index in [0.717, 1.165) is 5.56 Å². The van der Waals surface area contributed by atoms with E-state index < -0.39 is 0 Å². The molecule has 0 fully saturated rings. The average molecular weight is 164 g/mol. The van der Waals surface area contributed by atoms with Crippen molar-refractivity contribution in [1.82, 2.24) is 0 Å². The Balaban J connectivity index is 3.11. The number of rotatable bonds is 2. The van der Waals surface area contributed by atoms with Gasteiger partial charge in [0.05, 0.1) is 0 Å². The van der Waals surface area contributed by atoms with Gasteiger partial charge in [-0.2, -0.15) is 0 Å². The van der Waals surface area contributed by atoms with E-state index in [-0.39, 0.29) is 11.2 Å². The molecule has 0 aliphatic carbocycles. The van der Waals surface area contributed by atoms with Gasteiger partial charge in [-0.25, -0.2) is 4.39 Å². The molecule has 1 aromatic rings. The molecule has 0 bridgehead atoms. The monoisotopic (exact) mass is 164 g/mol. The number of benzene rings is 1. The van der Waals surface area contributed by atoms with Crippen molar-refractivity contribution in [2.45, 2.75) is 19.3 Å². The normalized spacial score (nSPS) is 11.2. The molecule has 0 aromatic heterocycles. The first-order valence-electron chi connectivity index (χ1n) is 3.96. The highest BCUT2D eigenvalue weighted by atomic mass is 19.1. The molecular weight excluding hydrogens is 151 g/mol. The summed E-state index contributed by atoms with van der Waals surface area (Å²) in [5.41, 5.74) is 0.805. The quantitative estimate of drug-likeness (QED) is 0.588. The Bertz CT molecular complexity index is 287. The molecule has 1 rings (SSSR count). The summed E-state index contributed by atoms with van der Waals surface area (Å²) < 4.78 is 12.8. The first-order chi connectivity index (χ1) is 5.56. The molecule has 1 heteroatoms. The van der Waals surface area contributed by atoms with Crippen LogP contribution in [0.15, 0.2) is 36.9 Å². The van der Waals surface area contributed by atoms with Crippen LogP contribution in [0.2, 0.25) is 0 Å². The molecule has 1 aromatic carbocycles. The van der Waals surface area contributed by atoms with E-state index in [2.05, 4.69) is 6.58 Å². The standard InChI is InChI=1S/C11H13F/c1-4-11(2,3)9-6-5-7-10(12)8-9/h4-8H,1H2,2-3H3. The fourth-order valence-electron chi connectivity index (χ4n) is 1.01. The van der Waals surface area contributed by atoms with Crippen LogP contribution in [0, 0.1) is 5.82 Å². The second-order valence-electron chi connectivity index (χ2n) is 3.44. The van der Waals surface area contributed by atoms with Crippen molar-refractivity contribution < 1.29 is 4.39 Å². The number of halogens is 1. The van der Waals surface area contributed by atoms with E-state index in [1.54, 1.807) is 12.1 Å². The van der Waals surface area contributed by atoms with Crippen LogP contribution in [0.1, 0.15) is 19.4 Å². The average Bonchev–Trinajstić information content (AvgIpc) is 2.05. The number of allylic oxidation sites excluding steroid dienone is 1. The van der Waals surface area contributed by atoms with Crippen LogP contribution < -0.4 is 0 Å². The van der Waals surface area contributed by atoms with E-state index in [1.165, 1.54) is 6.07 Å². The minimum Gasteiger partial charge on any atom is -0.207 e. The van der Waals surface area contributed by atoms with E-state index in [9.17, 15) is 4.39 Å². The van der Waals surface area contributed by atoms with Gasteiger partial charge in [0.2, 0.25) is 0 Å². The summed E-state index contributed by atoms with van der Waals surface area (Å²) in [6, 6.07) is 6.62. The van der Waals surface area contributed by atoms with Crippen LogP contribution in [0.25, 0.3) is 0 Å². The molecule has 0 heterocycles. The van der Waals surface area contributed by atoms with E-state index in [1.807, 2.05) is 26.0 Å². The van der Waals surface area contributed by atoms with Gasteiger partial charge in [-0.3, -0.25) is 0 Å². The van der Waals surface area contributed by atoms with Crippen molar-refractivity contribution in [2.75, 3.05) is 0 Å². The minimum absolute atomic E-state index is 0.151. The third kappa shape index (κ3) is 1.73. The first-order valence-corrected chi connectivity index (χ1v) is 3.96. The highest BCUT2D eigenvalue weighted by molar-refractivity contribution is 5.28. The summed E-state index contributed by atoms with van der Waals surface area (Å²) in [4.78, 5) is 0. The molecule has 0 unspecified atom stereocenters. The Morgan fingerprint density at radius 1 is 1.42 bits per heavy atom. The second kappa shape index (κ2) is 3.10. The zero-order valence-corrected chi connectivity index (χ0v) is 7.47. The first kappa shape index (κ1) is 8.98. The molecular formula is C11H13F. The van der Waals surface area contributed by atoms with Gasteiger partial charge in [0.15, 0.2) is 0 Å². The predicted molar refractivity (Wildman–Crippen MR) is 49.6 cm³/mol. The van der Waals surface area contributed by atoms with Gasteiger partial charge < -0.3 is 0 Å². The topological polar surface area (TPSA) is 0 Å². The maximum Gasteiger partial charge on any atom is 0.123 e. The minimum atomic E-state index is -0.192. The van der Waals surface area contributed by atoms with Crippen LogP contribution in [0.5, 0.6) is 0 Å². The summed E-state index contributed by atoms with van der Waals surface area (Å²) in [5, 5.41) is 0. The zero-order valence-electron chi connectivity index (χ0n) is 7.47. The number of hydrogen-bond acceptors (Lipinski definition) is 0. The van der Waals surface area contributed by atoms with Crippen molar-refractivity contribution in [3.63, 3.8) is 0 Å². The Morgan fingerprint density at radius 2 is 2.08 bits per heavy atom. The summed E-state index contributed by atoms with van der Waals surface area (Å²) in [7, 11) is 0. The van der Waals surface area contributed by atoms with Crippen molar-refractivity contribution >= 4 is 0 Å². The molecule has 0 nitrogen and oxygen atoms in total. The predicted octanol–water partition coefficient (Wildman–Crippen LogP) is 3.29. The van der Waals surface area contributed by atoms with Gasteiger partial charge in [-0.05, 0) is 17.7 Å². The summed E-state index contributed by atoms with van der Waals surface area (Å²) in [5.74, 6) is -0.192. The SMILES string of the molecule is C=CC(C)(C)c1cccc(F)c1. The van der Waals surface area contributed by atoms with Gasteiger partial charge >= 0.3 is 0 Å². The smallest absolute Gasteiger partial charge is 0.123 e. The molecule has 0 spiro atoms. The molecule has 0 aliphatic heterocycles. The third-order valence-corrected chi connectivity index (χ3v) is 2.08. The maximum absolute atomic E-state index is 12.8. The molecule has 0 radical (unpaired) electrons. The highest BCUT2D eigenvalue weighted by Crippen LogP contribution is 2.24. The fraction of sp³-hybridized carbons (Fsp3) is 0.273.